The maximum atomic E-state index is 12.3. The van der Waals surface area contributed by atoms with E-state index in [0.717, 1.165) is 5.56 Å². The fraction of sp³-hybridized carbons (Fsp3) is 0.529. The average Bonchev–Trinajstić information content (AvgIpc) is 2.58. The van der Waals surface area contributed by atoms with E-state index >= 15 is 0 Å². The van der Waals surface area contributed by atoms with E-state index in [-0.39, 0.29) is 36.9 Å². The number of carbonyl (C=O) groups is 2. The van der Waals surface area contributed by atoms with Crippen molar-refractivity contribution in [3.05, 3.63) is 35.9 Å². The molecule has 1 fully saturated rings. The van der Waals surface area contributed by atoms with Gasteiger partial charge >= 0.3 is 0 Å². The summed E-state index contributed by atoms with van der Waals surface area (Å²) in [5.41, 5.74) is 1.07. The monoisotopic (exact) mass is 355 g/mol. The molecule has 1 aliphatic rings. The molecular weight excluding hydrogens is 330 g/mol. The highest BCUT2D eigenvalue weighted by Gasteiger charge is 2.28. The first-order valence-corrected chi connectivity index (χ1v) is 8.06. The second kappa shape index (κ2) is 10.3. The molecule has 2 amide bonds. The fourth-order valence-corrected chi connectivity index (χ4v) is 2.59. The second-order valence-corrected chi connectivity index (χ2v) is 5.62. The van der Waals surface area contributed by atoms with E-state index in [4.69, 9.17) is 4.74 Å². The van der Waals surface area contributed by atoms with Gasteiger partial charge in [-0.25, -0.2) is 0 Å². The number of carbonyl (C=O) groups excluding carboxylic acids is 2. The summed E-state index contributed by atoms with van der Waals surface area (Å²) in [4.78, 5) is 26.2. The minimum absolute atomic E-state index is 0. The highest BCUT2D eigenvalue weighted by Crippen LogP contribution is 2.05. The van der Waals surface area contributed by atoms with Crippen LogP contribution in [0.2, 0.25) is 0 Å². The molecule has 0 aromatic heterocycles. The number of rotatable bonds is 6. The minimum atomic E-state index is -0.402. The molecule has 6 nitrogen and oxygen atoms in total. The Bertz CT molecular complexity index is 527. The molecule has 0 saturated carbocycles. The SMILES string of the molecule is CCN(Cc1ccccc1)C(=O)CNC(=O)[C@H]1NCCO[C@@H]1C.Cl. The van der Waals surface area contributed by atoms with Gasteiger partial charge in [0, 0.05) is 19.6 Å². The fourth-order valence-electron chi connectivity index (χ4n) is 2.59. The lowest BCUT2D eigenvalue weighted by atomic mass is 10.1. The van der Waals surface area contributed by atoms with E-state index in [0.29, 0.717) is 26.2 Å². The summed E-state index contributed by atoms with van der Waals surface area (Å²) in [6.07, 6.45) is -0.189. The number of nitrogens with one attached hydrogen (secondary N) is 2. The quantitative estimate of drug-likeness (QED) is 0.797. The summed E-state index contributed by atoms with van der Waals surface area (Å²) in [5.74, 6) is -0.282. The predicted molar refractivity (Wildman–Crippen MR) is 95.0 cm³/mol. The van der Waals surface area contributed by atoms with Gasteiger partial charge in [0.15, 0.2) is 0 Å². The van der Waals surface area contributed by atoms with Crippen molar-refractivity contribution in [1.29, 1.82) is 0 Å². The Hall–Kier alpha value is -1.63. The van der Waals surface area contributed by atoms with Crippen molar-refractivity contribution in [2.45, 2.75) is 32.5 Å². The molecule has 7 heteroatoms. The van der Waals surface area contributed by atoms with Gasteiger partial charge in [0.2, 0.25) is 11.8 Å². The van der Waals surface area contributed by atoms with Crippen LogP contribution in [0.4, 0.5) is 0 Å². The molecule has 2 atom stereocenters. The minimum Gasteiger partial charge on any atom is -0.375 e. The summed E-state index contributed by atoms with van der Waals surface area (Å²) in [6.45, 7) is 6.19. The normalized spacial score (nSPS) is 19.9. The smallest absolute Gasteiger partial charge is 0.242 e. The van der Waals surface area contributed by atoms with Gasteiger partial charge in [0.25, 0.3) is 0 Å². The van der Waals surface area contributed by atoms with Crippen LogP contribution in [0.3, 0.4) is 0 Å². The van der Waals surface area contributed by atoms with Crippen molar-refractivity contribution in [3.8, 4) is 0 Å². The molecule has 0 unspecified atom stereocenters. The van der Waals surface area contributed by atoms with Gasteiger partial charge in [-0.2, -0.15) is 0 Å². The zero-order valence-corrected chi connectivity index (χ0v) is 15.0. The maximum absolute atomic E-state index is 12.3. The van der Waals surface area contributed by atoms with Crippen molar-refractivity contribution in [1.82, 2.24) is 15.5 Å². The number of benzene rings is 1. The molecule has 2 rings (SSSR count). The van der Waals surface area contributed by atoms with Gasteiger partial charge in [0.05, 0.1) is 19.3 Å². The van der Waals surface area contributed by atoms with Crippen LogP contribution in [-0.4, -0.2) is 55.1 Å². The predicted octanol–water partition coefficient (Wildman–Crippen LogP) is 0.950. The van der Waals surface area contributed by atoms with Crippen molar-refractivity contribution >= 4 is 24.2 Å². The standard InChI is InChI=1S/C17H25N3O3.ClH/c1-3-20(12-14-7-5-4-6-8-14)15(21)11-19-17(22)16-13(2)23-10-9-18-16;/h4-8,13,16,18H,3,9-12H2,1-2H3,(H,19,22);1H/t13-,16+;/m1./s1. The Labute approximate surface area is 149 Å². The topological polar surface area (TPSA) is 70.7 Å². The zero-order valence-electron chi connectivity index (χ0n) is 14.2. The van der Waals surface area contributed by atoms with Crippen LogP contribution in [0, 0.1) is 0 Å². The van der Waals surface area contributed by atoms with Crippen LogP contribution in [0.15, 0.2) is 30.3 Å². The third-order valence-electron chi connectivity index (χ3n) is 3.96. The largest absolute Gasteiger partial charge is 0.375 e. The molecule has 134 valence electrons. The van der Waals surface area contributed by atoms with Crippen LogP contribution < -0.4 is 10.6 Å². The maximum Gasteiger partial charge on any atom is 0.242 e. The molecule has 1 aromatic carbocycles. The highest BCUT2D eigenvalue weighted by molar-refractivity contribution is 5.87. The number of hydrogen-bond acceptors (Lipinski definition) is 4. The number of morpholine rings is 1. The first kappa shape index (κ1) is 20.4. The van der Waals surface area contributed by atoms with Crippen LogP contribution >= 0.6 is 12.4 Å². The van der Waals surface area contributed by atoms with Crippen LogP contribution in [0.25, 0.3) is 0 Å². The Morgan fingerprint density at radius 3 is 2.67 bits per heavy atom. The molecule has 1 heterocycles. The first-order chi connectivity index (χ1) is 11.1. The summed E-state index contributed by atoms with van der Waals surface area (Å²) in [6, 6.07) is 9.42. The van der Waals surface area contributed by atoms with Gasteiger partial charge in [-0.1, -0.05) is 30.3 Å². The van der Waals surface area contributed by atoms with E-state index in [1.807, 2.05) is 44.2 Å². The number of nitrogens with zero attached hydrogens (tertiary/aromatic N) is 1. The zero-order chi connectivity index (χ0) is 16.7. The van der Waals surface area contributed by atoms with Crippen molar-refractivity contribution in [2.75, 3.05) is 26.2 Å². The van der Waals surface area contributed by atoms with E-state index in [1.54, 1.807) is 4.90 Å². The summed E-state index contributed by atoms with van der Waals surface area (Å²) >= 11 is 0. The Kier molecular flexibility index (Phi) is 8.74. The first-order valence-electron chi connectivity index (χ1n) is 8.06. The summed E-state index contributed by atoms with van der Waals surface area (Å²) in [5, 5.41) is 5.82. The lowest BCUT2D eigenvalue weighted by Gasteiger charge is -2.29. The van der Waals surface area contributed by atoms with Gasteiger partial charge in [-0.3, -0.25) is 9.59 Å². The van der Waals surface area contributed by atoms with Gasteiger partial charge in [0.1, 0.15) is 6.04 Å². The number of hydrogen-bond donors (Lipinski definition) is 2. The molecule has 0 bridgehead atoms. The second-order valence-electron chi connectivity index (χ2n) is 5.62. The van der Waals surface area contributed by atoms with Gasteiger partial charge < -0.3 is 20.3 Å². The third kappa shape index (κ3) is 5.78. The molecule has 1 aliphatic heterocycles. The van der Waals surface area contributed by atoms with Crippen LogP contribution in [0.1, 0.15) is 19.4 Å². The van der Waals surface area contributed by atoms with E-state index in [2.05, 4.69) is 10.6 Å². The van der Waals surface area contributed by atoms with E-state index in [9.17, 15) is 9.59 Å². The molecule has 0 radical (unpaired) electrons. The third-order valence-corrected chi connectivity index (χ3v) is 3.96. The van der Waals surface area contributed by atoms with Crippen LogP contribution in [-0.2, 0) is 20.9 Å². The molecule has 0 spiro atoms. The molecule has 2 N–H and O–H groups in total. The van der Waals surface area contributed by atoms with E-state index < -0.39 is 6.04 Å². The molecule has 0 aliphatic carbocycles. The number of likely N-dealkylation sites (N-methyl/N-ethyl adjacent to an activating group) is 1. The number of ether oxygens (including phenoxy) is 1. The lowest BCUT2D eigenvalue weighted by molar-refractivity contribution is -0.135. The Balaban J connectivity index is 0.00000288. The molecule has 1 saturated heterocycles. The Morgan fingerprint density at radius 2 is 2.04 bits per heavy atom. The molecule has 1 aromatic rings. The molecule has 24 heavy (non-hydrogen) atoms. The Morgan fingerprint density at radius 1 is 1.33 bits per heavy atom. The molecular formula is C17H26ClN3O3. The van der Waals surface area contributed by atoms with Crippen molar-refractivity contribution in [3.63, 3.8) is 0 Å². The van der Waals surface area contributed by atoms with Crippen LogP contribution in [0.5, 0.6) is 0 Å². The van der Waals surface area contributed by atoms with Crippen molar-refractivity contribution < 1.29 is 14.3 Å². The average molecular weight is 356 g/mol. The number of amides is 2. The van der Waals surface area contributed by atoms with Gasteiger partial charge in [-0.15, -0.1) is 12.4 Å². The highest BCUT2D eigenvalue weighted by atomic mass is 35.5. The lowest BCUT2D eigenvalue weighted by Crippen LogP contribution is -2.56. The summed E-state index contributed by atoms with van der Waals surface area (Å²) in [7, 11) is 0. The number of halogens is 1. The van der Waals surface area contributed by atoms with Crippen molar-refractivity contribution in [2.24, 2.45) is 0 Å². The summed E-state index contributed by atoms with van der Waals surface area (Å²) < 4.78 is 5.45. The van der Waals surface area contributed by atoms with Gasteiger partial charge in [-0.05, 0) is 19.4 Å². The van der Waals surface area contributed by atoms with E-state index in [1.165, 1.54) is 0 Å².